The highest BCUT2D eigenvalue weighted by Gasteiger charge is 2.37. The van der Waals surface area contributed by atoms with Gasteiger partial charge in [0.25, 0.3) is 0 Å². The van der Waals surface area contributed by atoms with Gasteiger partial charge in [-0.2, -0.15) is 0 Å². The molecule has 0 amide bonds. The molecule has 0 radical (unpaired) electrons. The fourth-order valence-corrected chi connectivity index (χ4v) is 3.57. The van der Waals surface area contributed by atoms with Crippen molar-refractivity contribution in [1.82, 2.24) is 25.0 Å². The highest BCUT2D eigenvalue weighted by Crippen LogP contribution is 2.33. The van der Waals surface area contributed by atoms with Gasteiger partial charge >= 0.3 is 0 Å². The third-order valence-electron chi connectivity index (χ3n) is 4.71. The predicted octanol–water partition coefficient (Wildman–Crippen LogP) is 1.68. The van der Waals surface area contributed by atoms with Gasteiger partial charge in [-0.05, 0) is 19.8 Å². The molecule has 7 nitrogen and oxygen atoms in total. The van der Waals surface area contributed by atoms with Crippen molar-refractivity contribution in [3.8, 4) is 0 Å². The molecule has 0 aliphatic carbocycles. The fourth-order valence-electron chi connectivity index (χ4n) is 3.57. The molecule has 2 aliphatic rings. The van der Waals surface area contributed by atoms with Crippen LogP contribution in [0.1, 0.15) is 42.9 Å². The lowest BCUT2D eigenvalue weighted by Crippen LogP contribution is -2.48. The summed E-state index contributed by atoms with van der Waals surface area (Å²) in [4.78, 5) is 11.5. The molecule has 2 aromatic heterocycles. The normalized spacial score (nSPS) is 23.5. The van der Waals surface area contributed by atoms with E-state index in [-0.39, 0.29) is 12.1 Å². The Labute approximate surface area is 135 Å². The molecule has 0 saturated carbocycles. The van der Waals surface area contributed by atoms with Crippen molar-refractivity contribution >= 4 is 5.82 Å². The Kier molecular flexibility index (Phi) is 3.72. The van der Waals surface area contributed by atoms with Crippen molar-refractivity contribution < 1.29 is 4.74 Å². The molecule has 122 valence electrons. The minimum absolute atomic E-state index is 0.208. The number of hydrogen-bond donors (Lipinski definition) is 0. The zero-order valence-corrected chi connectivity index (χ0v) is 13.6. The minimum Gasteiger partial charge on any atom is -0.370 e. The van der Waals surface area contributed by atoms with Crippen LogP contribution in [0.15, 0.2) is 12.4 Å². The van der Waals surface area contributed by atoms with Gasteiger partial charge in [0.2, 0.25) is 0 Å². The van der Waals surface area contributed by atoms with Gasteiger partial charge in [-0.15, -0.1) is 5.10 Å². The smallest absolute Gasteiger partial charge is 0.135 e. The second-order valence-electron chi connectivity index (χ2n) is 6.34. The molecule has 1 fully saturated rings. The van der Waals surface area contributed by atoms with Crippen LogP contribution >= 0.6 is 0 Å². The van der Waals surface area contributed by atoms with Crippen LogP contribution in [0.4, 0.5) is 5.82 Å². The van der Waals surface area contributed by atoms with E-state index in [9.17, 15) is 0 Å². The Morgan fingerprint density at radius 3 is 3.13 bits per heavy atom. The van der Waals surface area contributed by atoms with E-state index in [1.165, 1.54) is 5.56 Å². The number of fused-ring (bicyclic) bond motifs is 3. The van der Waals surface area contributed by atoms with Crippen molar-refractivity contribution in [2.75, 3.05) is 18.0 Å². The van der Waals surface area contributed by atoms with Gasteiger partial charge in [-0.25, -0.2) is 14.6 Å². The Balaban J connectivity index is 1.64. The Hall–Kier alpha value is -2.02. The van der Waals surface area contributed by atoms with E-state index in [4.69, 9.17) is 9.72 Å². The number of ether oxygens (including phenoxy) is 1. The second-order valence-corrected chi connectivity index (χ2v) is 6.34. The standard InChI is InChI=1S/C16H22N6O/c1-3-4-12-7-17-11(2)19-16(12)21-6-5-15-14(9-21)22-13(10-23-15)8-18-20-22/h7-8,14-15H,3-6,9-10H2,1-2H3. The summed E-state index contributed by atoms with van der Waals surface area (Å²) in [6.07, 6.45) is 7.08. The molecular weight excluding hydrogens is 292 g/mol. The molecule has 23 heavy (non-hydrogen) atoms. The van der Waals surface area contributed by atoms with E-state index in [1.54, 1.807) is 6.20 Å². The van der Waals surface area contributed by atoms with Gasteiger partial charge in [0, 0.05) is 24.8 Å². The summed E-state index contributed by atoms with van der Waals surface area (Å²) in [6, 6.07) is 0.208. The van der Waals surface area contributed by atoms with Crippen LogP contribution in [0.3, 0.4) is 0 Å². The van der Waals surface area contributed by atoms with Crippen LogP contribution in [0.2, 0.25) is 0 Å². The number of aryl methyl sites for hydroxylation is 2. The van der Waals surface area contributed by atoms with Crippen LogP contribution in [-0.2, 0) is 17.8 Å². The van der Waals surface area contributed by atoms with E-state index in [0.717, 1.165) is 49.7 Å². The first-order valence-electron chi connectivity index (χ1n) is 8.34. The summed E-state index contributed by atoms with van der Waals surface area (Å²) in [5, 5.41) is 8.32. The van der Waals surface area contributed by atoms with Crippen LogP contribution in [0, 0.1) is 6.92 Å². The first-order chi connectivity index (χ1) is 11.3. The summed E-state index contributed by atoms with van der Waals surface area (Å²) < 4.78 is 8.03. The predicted molar refractivity (Wildman–Crippen MR) is 85.2 cm³/mol. The summed E-state index contributed by atoms with van der Waals surface area (Å²) in [5.74, 6) is 1.90. The Bertz CT molecular complexity index is 700. The molecule has 2 atom stereocenters. The maximum Gasteiger partial charge on any atom is 0.135 e. The van der Waals surface area contributed by atoms with Gasteiger partial charge in [0.1, 0.15) is 11.6 Å². The lowest BCUT2D eigenvalue weighted by atomic mass is 9.99. The molecule has 0 aromatic carbocycles. The van der Waals surface area contributed by atoms with Crippen molar-refractivity contribution in [2.45, 2.75) is 51.9 Å². The number of hydrogen-bond acceptors (Lipinski definition) is 6. The van der Waals surface area contributed by atoms with Crippen molar-refractivity contribution in [3.05, 3.63) is 29.5 Å². The number of aromatic nitrogens is 5. The van der Waals surface area contributed by atoms with Gasteiger partial charge in [0.15, 0.2) is 0 Å². The molecule has 0 bridgehead atoms. The van der Waals surface area contributed by atoms with E-state index in [1.807, 2.05) is 17.8 Å². The highest BCUT2D eigenvalue weighted by molar-refractivity contribution is 5.47. The number of rotatable bonds is 3. The molecule has 4 rings (SSSR count). The van der Waals surface area contributed by atoms with Crippen LogP contribution in [0.5, 0.6) is 0 Å². The molecule has 0 spiro atoms. The Morgan fingerprint density at radius 1 is 1.35 bits per heavy atom. The summed E-state index contributed by atoms with van der Waals surface area (Å²) in [7, 11) is 0. The average molecular weight is 314 g/mol. The van der Waals surface area contributed by atoms with Gasteiger partial charge < -0.3 is 9.64 Å². The lowest BCUT2D eigenvalue weighted by molar-refractivity contribution is -0.0373. The van der Waals surface area contributed by atoms with Crippen molar-refractivity contribution in [2.24, 2.45) is 0 Å². The molecule has 2 unspecified atom stereocenters. The molecule has 7 heteroatoms. The van der Waals surface area contributed by atoms with Crippen molar-refractivity contribution in [1.29, 1.82) is 0 Å². The quantitative estimate of drug-likeness (QED) is 0.858. The van der Waals surface area contributed by atoms with E-state index in [2.05, 4.69) is 27.1 Å². The molecular formula is C16H22N6O. The third kappa shape index (κ3) is 2.59. The SMILES string of the molecule is CCCc1cnc(C)nc1N1CCC2OCc3cnnn3C2C1. The van der Waals surface area contributed by atoms with E-state index >= 15 is 0 Å². The first kappa shape index (κ1) is 14.6. The monoisotopic (exact) mass is 314 g/mol. The summed E-state index contributed by atoms with van der Waals surface area (Å²) in [6.45, 7) is 6.56. The molecule has 1 saturated heterocycles. The molecule has 2 aliphatic heterocycles. The lowest BCUT2D eigenvalue weighted by Gasteiger charge is -2.41. The third-order valence-corrected chi connectivity index (χ3v) is 4.71. The first-order valence-corrected chi connectivity index (χ1v) is 8.34. The topological polar surface area (TPSA) is 69.0 Å². The molecule has 2 aromatic rings. The summed E-state index contributed by atoms with van der Waals surface area (Å²) >= 11 is 0. The number of anilines is 1. The fraction of sp³-hybridized carbons (Fsp3) is 0.625. The van der Waals surface area contributed by atoms with Crippen LogP contribution in [0.25, 0.3) is 0 Å². The number of piperidine rings is 1. The van der Waals surface area contributed by atoms with Crippen LogP contribution in [-0.4, -0.2) is 44.2 Å². The van der Waals surface area contributed by atoms with E-state index < -0.39 is 0 Å². The van der Waals surface area contributed by atoms with Gasteiger partial charge in [0.05, 0.1) is 30.6 Å². The Morgan fingerprint density at radius 2 is 2.26 bits per heavy atom. The van der Waals surface area contributed by atoms with Gasteiger partial charge in [-0.3, -0.25) is 0 Å². The van der Waals surface area contributed by atoms with Gasteiger partial charge in [-0.1, -0.05) is 18.6 Å². The largest absolute Gasteiger partial charge is 0.370 e. The van der Waals surface area contributed by atoms with E-state index in [0.29, 0.717) is 6.61 Å². The minimum atomic E-state index is 0.208. The zero-order chi connectivity index (χ0) is 15.8. The molecule has 4 heterocycles. The zero-order valence-electron chi connectivity index (χ0n) is 13.6. The molecule has 0 N–H and O–H groups in total. The van der Waals surface area contributed by atoms with Crippen LogP contribution < -0.4 is 4.90 Å². The highest BCUT2D eigenvalue weighted by atomic mass is 16.5. The second kappa shape index (κ2) is 5.88. The maximum absolute atomic E-state index is 5.99. The maximum atomic E-state index is 5.99. The number of nitrogens with zero attached hydrogens (tertiary/aromatic N) is 6. The summed E-state index contributed by atoms with van der Waals surface area (Å²) in [5.41, 5.74) is 2.29. The average Bonchev–Trinajstić information content (AvgIpc) is 3.05. The van der Waals surface area contributed by atoms with Crippen molar-refractivity contribution in [3.63, 3.8) is 0 Å².